The van der Waals surface area contributed by atoms with E-state index in [0.717, 1.165) is 5.69 Å². The Morgan fingerprint density at radius 3 is 2.00 bits per heavy atom. The van der Waals surface area contributed by atoms with Crippen molar-refractivity contribution >= 4 is 0 Å². The molecule has 68 valence electrons. The van der Waals surface area contributed by atoms with Crippen molar-refractivity contribution in [3.63, 3.8) is 0 Å². The van der Waals surface area contributed by atoms with E-state index in [1.807, 2.05) is 18.3 Å². The number of rotatable bonds is 0. The van der Waals surface area contributed by atoms with E-state index in [0.29, 0.717) is 0 Å². The first-order valence-electron chi connectivity index (χ1n) is 3.52. The van der Waals surface area contributed by atoms with E-state index in [2.05, 4.69) is 31.8 Å². The van der Waals surface area contributed by atoms with Crippen LogP contribution in [0.4, 0.5) is 0 Å². The van der Waals surface area contributed by atoms with Crippen LogP contribution in [0.1, 0.15) is 26.5 Å². The van der Waals surface area contributed by atoms with Crippen molar-refractivity contribution in [3.8, 4) is 0 Å². The molecule has 0 bridgehead atoms. The number of aromatic nitrogens is 1. The van der Waals surface area contributed by atoms with E-state index in [4.69, 9.17) is 0 Å². The van der Waals surface area contributed by atoms with E-state index in [1.165, 1.54) is 0 Å². The third kappa shape index (κ3) is 4.01. The molecule has 12 heavy (non-hydrogen) atoms. The summed E-state index contributed by atoms with van der Waals surface area (Å²) < 4.78 is 0. The molecular weight excluding hydrogens is 318 g/mol. The molecule has 1 heterocycles. The van der Waals surface area contributed by atoms with Crippen LogP contribution in [0.3, 0.4) is 0 Å². The van der Waals surface area contributed by atoms with E-state index in [1.54, 1.807) is 0 Å². The summed E-state index contributed by atoms with van der Waals surface area (Å²) in [5.41, 5.74) is 1.33. The van der Waals surface area contributed by atoms with Gasteiger partial charge in [0, 0.05) is 38.4 Å². The van der Waals surface area contributed by atoms with E-state index in [-0.39, 0.29) is 33.9 Å². The van der Waals surface area contributed by atoms with E-state index in [9.17, 15) is 0 Å². The van der Waals surface area contributed by atoms with Crippen molar-refractivity contribution < 1.29 is 21.1 Å². The maximum absolute atomic E-state index is 4.25. The van der Waals surface area contributed by atoms with Gasteiger partial charge in [0.1, 0.15) is 0 Å². The maximum Gasteiger partial charge on any atom is 0.0457 e. The smallest absolute Gasteiger partial charge is 0.0457 e. The topological polar surface area (TPSA) is 12.9 Å². The minimum atomic E-state index is 0. The van der Waals surface area contributed by atoms with Crippen LogP contribution in [0.2, 0.25) is 0 Å². The zero-order valence-electron chi connectivity index (χ0n) is 8.16. The molecule has 0 N–H and O–H groups in total. The molecule has 0 spiro atoms. The van der Waals surface area contributed by atoms with Gasteiger partial charge in [-0.05, 0) is 12.1 Å². The van der Waals surface area contributed by atoms with Crippen molar-refractivity contribution in [1.29, 1.82) is 0 Å². The fourth-order valence-electron chi connectivity index (χ4n) is 0.806. The maximum atomic E-state index is 4.25. The zero-order chi connectivity index (χ0) is 7.61. The molecule has 1 rings (SSSR count). The first-order valence-corrected chi connectivity index (χ1v) is 3.52. The Bertz CT molecular complexity index is 201. The summed E-state index contributed by atoms with van der Waals surface area (Å²) in [6.07, 6.45) is 1.83. The molecule has 0 aliphatic rings. The summed E-state index contributed by atoms with van der Waals surface area (Å²) in [4.78, 5) is 4.25. The van der Waals surface area contributed by atoms with Crippen LogP contribution >= 0.6 is 0 Å². The molecule has 0 amide bonds. The Morgan fingerprint density at radius 1 is 1.17 bits per heavy atom. The van der Waals surface area contributed by atoms with Gasteiger partial charge in [-0.25, -0.2) is 0 Å². The van der Waals surface area contributed by atoms with Crippen molar-refractivity contribution in [2.75, 3.05) is 0 Å². The Kier molecular flexibility index (Phi) is 6.56. The average molecular weight is 334 g/mol. The Hall–Kier alpha value is -0.162. The number of hydrogen-bond donors (Lipinski definition) is 0. The molecule has 2 heteroatoms. The fraction of sp³-hybridized carbons (Fsp3) is 0.400. The first kappa shape index (κ1) is 14.4. The normalized spacial score (nSPS) is 9.58. The van der Waals surface area contributed by atoms with Gasteiger partial charge in [-0.15, -0.1) is 0 Å². The molecule has 1 aromatic rings. The van der Waals surface area contributed by atoms with Crippen LogP contribution in [0.25, 0.3) is 0 Å². The minimum Gasteiger partial charge on any atom is -0.358 e. The molecule has 0 unspecified atom stereocenters. The molecule has 0 radical (unpaired) electrons. The summed E-state index contributed by atoms with van der Waals surface area (Å²) in [6, 6.07) is 6.02. The molecule has 0 aromatic carbocycles. The van der Waals surface area contributed by atoms with E-state index < -0.39 is 0 Å². The van der Waals surface area contributed by atoms with Crippen LogP contribution in [-0.4, -0.2) is 4.98 Å². The predicted molar refractivity (Wildman–Crippen MR) is 49.4 cm³/mol. The van der Waals surface area contributed by atoms with Crippen LogP contribution in [0, 0.1) is 7.43 Å². The third-order valence-corrected chi connectivity index (χ3v) is 1.43. The Labute approximate surface area is 89.9 Å². The van der Waals surface area contributed by atoms with Crippen LogP contribution in [0.15, 0.2) is 24.4 Å². The summed E-state index contributed by atoms with van der Waals surface area (Å²) in [6.45, 7) is 6.49. The predicted octanol–water partition coefficient (Wildman–Crippen LogP) is 2.83. The Balaban J connectivity index is 0. The second-order valence-corrected chi connectivity index (χ2v) is 3.46. The van der Waals surface area contributed by atoms with Crippen molar-refractivity contribution in [2.24, 2.45) is 0 Å². The largest absolute Gasteiger partial charge is 0.358 e. The molecule has 0 aliphatic carbocycles. The first-order chi connectivity index (χ1) is 4.61. The van der Waals surface area contributed by atoms with Gasteiger partial charge in [0.15, 0.2) is 0 Å². The van der Waals surface area contributed by atoms with Gasteiger partial charge < -0.3 is 7.43 Å². The molecule has 0 saturated carbocycles. The summed E-state index contributed by atoms with van der Waals surface area (Å²) in [5, 5.41) is 0. The summed E-state index contributed by atoms with van der Waals surface area (Å²) >= 11 is 0. The minimum absolute atomic E-state index is 0. The van der Waals surface area contributed by atoms with Gasteiger partial charge in [0.05, 0.1) is 0 Å². The van der Waals surface area contributed by atoms with Gasteiger partial charge in [-0.3, -0.25) is 4.98 Å². The third-order valence-electron chi connectivity index (χ3n) is 1.43. The average Bonchev–Trinajstić information content (AvgIpc) is 1.88. The SMILES string of the molecule is CC(C)(C)c1ccccn1.[CH3-].[W]. The summed E-state index contributed by atoms with van der Waals surface area (Å²) in [7, 11) is 0. The second kappa shape index (κ2) is 5.48. The van der Waals surface area contributed by atoms with Crippen LogP contribution in [-0.2, 0) is 26.5 Å². The quantitative estimate of drug-likeness (QED) is 0.665. The van der Waals surface area contributed by atoms with Gasteiger partial charge >= 0.3 is 0 Å². The van der Waals surface area contributed by atoms with Crippen LogP contribution < -0.4 is 0 Å². The number of pyridine rings is 1. The molecular formula is C10H16NW-. The van der Waals surface area contributed by atoms with Gasteiger partial charge in [0.2, 0.25) is 0 Å². The zero-order valence-corrected chi connectivity index (χ0v) is 11.1. The number of hydrogen-bond acceptors (Lipinski definition) is 1. The Morgan fingerprint density at radius 2 is 1.75 bits per heavy atom. The molecule has 1 aromatic heterocycles. The van der Waals surface area contributed by atoms with Gasteiger partial charge in [0.25, 0.3) is 0 Å². The number of nitrogens with zero attached hydrogens (tertiary/aromatic N) is 1. The molecule has 1 nitrogen and oxygen atoms in total. The monoisotopic (exact) mass is 334 g/mol. The van der Waals surface area contributed by atoms with Crippen molar-refractivity contribution in [3.05, 3.63) is 37.5 Å². The van der Waals surface area contributed by atoms with Gasteiger partial charge in [-0.2, -0.15) is 0 Å². The molecule has 0 saturated heterocycles. The standard InChI is InChI=1S/C9H13N.CH3.W/c1-9(2,3)8-6-4-5-7-10-8;;/h4-7H,1-3H3;1H3;/q;-1;. The van der Waals surface area contributed by atoms with Crippen molar-refractivity contribution in [2.45, 2.75) is 26.2 Å². The molecule has 0 atom stereocenters. The fourth-order valence-corrected chi connectivity index (χ4v) is 0.806. The van der Waals surface area contributed by atoms with E-state index >= 15 is 0 Å². The molecule has 0 aliphatic heterocycles. The van der Waals surface area contributed by atoms with Crippen molar-refractivity contribution in [1.82, 2.24) is 4.98 Å². The second-order valence-electron chi connectivity index (χ2n) is 3.46. The summed E-state index contributed by atoms with van der Waals surface area (Å²) in [5.74, 6) is 0. The molecule has 0 fully saturated rings. The van der Waals surface area contributed by atoms with Crippen LogP contribution in [0.5, 0.6) is 0 Å². The van der Waals surface area contributed by atoms with Gasteiger partial charge in [-0.1, -0.05) is 26.8 Å².